The molecule has 0 aromatic rings. The van der Waals surface area contributed by atoms with Crippen molar-refractivity contribution in [1.82, 2.24) is 0 Å². The lowest BCUT2D eigenvalue weighted by molar-refractivity contribution is -0.167. The molecule has 0 saturated carbocycles. The van der Waals surface area contributed by atoms with E-state index in [0.717, 1.165) is 64.2 Å². The van der Waals surface area contributed by atoms with Crippen molar-refractivity contribution >= 4 is 17.9 Å². The maximum Gasteiger partial charge on any atom is 0.306 e. The van der Waals surface area contributed by atoms with Crippen LogP contribution in [-0.2, 0) is 28.6 Å². The summed E-state index contributed by atoms with van der Waals surface area (Å²) in [5.41, 5.74) is 0. The summed E-state index contributed by atoms with van der Waals surface area (Å²) < 4.78 is 16.9. The van der Waals surface area contributed by atoms with Crippen molar-refractivity contribution in [2.45, 2.75) is 419 Å². The molecule has 1 atom stereocenters. The highest BCUT2D eigenvalue weighted by Crippen LogP contribution is 2.19. The van der Waals surface area contributed by atoms with Crippen LogP contribution in [0.15, 0.2) is 36.5 Å². The molecule has 0 heterocycles. The topological polar surface area (TPSA) is 78.9 Å². The SMILES string of the molecule is CCCCCCC/C=C\C/C=C\CCCCCCCCCCCCCCCCCCCCCCCC(=O)OCC(COC(=O)CCCCCCCCCC)OC(=O)CCCCCCCCCCCCC/C=C\CCCCCCCCCC. The summed E-state index contributed by atoms with van der Waals surface area (Å²) >= 11 is 0. The second kappa shape index (κ2) is 71.1. The second-order valence-electron chi connectivity index (χ2n) is 25.2. The molecule has 0 aliphatic heterocycles. The van der Waals surface area contributed by atoms with E-state index >= 15 is 0 Å². The lowest BCUT2D eigenvalue weighted by Crippen LogP contribution is -2.30. The number of unbranched alkanes of at least 4 members (excludes halogenated alkanes) is 52. The van der Waals surface area contributed by atoms with Gasteiger partial charge in [0.1, 0.15) is 13.2 Å². The Bertz CT molecular complexity index is 1370. The molecule has 6 nitrogen and oxygen atoms in total. The summed E-state index contributed by atoms with van der Waals surface area (Å²) in [5, 5.41) is 0. The van der Waals surface area contributed by atoms with Crippen molar-refractivity contribution in [3.05, 3.63) is 36.5 Å². The van der Waals surface area contributed by atoms with Crippen LogP contribution < -0.4 is 0 Å². The number of ether oxygens (including phenoxy) is 3. The molecule has 0 fully saturated rings. The Labute approximate surface area is 512 Å². The van der Waals surface area contributed by atoms with Gasteiger partial charge in [0.25, 0.3) is 0 Å². The van der Waals surface area contributed by atoms with Crippen molar-refractivity contribution in [1.29, 1.82) is 0 Å². The number of rotatable bonds is 69. The van der Waals surface area contributed by atoms with Crippen LogP contribution in [-0.4, -0.2) is 37.2 Å². The van der Waals surface area contributed by atoms with Gasteiger partial charge in [-0.25, -0.2) is 0 Å². The van der Waals surface area contributed by atoms with Crippen molar-refractivity contribution < 1.29 is 28.6 Å². The molecule has 0 N–H and O–H groups in total. The maximum atomic E-state index is 12.9. The van der Waals surface area contributed by atoms with E-state index in [1.54, 1.807) is 0 Å². The molecule has 0 amide bonds. The lowest BCUT2D eigenvalue weighted by Gasteiger charge is -2.18. The van der Waals surface area contributed by atoms with Crippen LogP contribution in [0.1, 0.15) is 412 Å². The van der Waals surface area contributed by atoms with E-state index < -0.39 is 6.10 Å². The van der Waals surface area contributed by atoms with Crippen LogP contribution in [0.2, 0.25) is 0 Å². The first kappa shape index (κ1) is 79.6. The number of esters is 3. The van der Waals surface area contributed by atoms with Gasteiger partial charge in [-0.05, 0) is 77.0 Å². The zero-order valence-corrected chi connectivity index (χ0v) is 55.5. The highest BCUT2D eigenvalue weighted by Gasteiger charge is 2.19. The van der Waals surface area contributed by atoms with E-state index in [0.29, 0.717) is 19.3 Å². The predicted octanol–water partition coefficient (Wildman–Crippen LogP) is 25.5. The number of carbonyl (C=O) groups is 3. The molecule has 0 aliphatic rings. The van der Waals surface area contributed by atoms with Gasteiger partial charge in [0.05, 0.1) is 0 Å². The molecule has 0 aliphatic carbocycles. The van der Waals surface area contributed by atoms with Gasteiger partial charge >= 0.3 is 17.9 Å². The number of allylic oxidation sites excluding steroid dienone is 6. The van der Waals surface area contributed by atoms with Gasteiger partial charge in [-0.15, -0.1) is 0 Å². The third kappa shape index (κ3) is 68.4. The average Bonchev–Trinajstić information content (AvgIpc) is 3.47. The fraction of sp³-hybridized carbons (Fsp3) is 0.882. The zero-order chi connectivity index (χ0) is 59.2. The molecule has 0 radical (unpaired) electrons. The van der Waals surface area contributed by atoms with E-state index in [2.05, 4.69) is 57.2 Å². The Hall–Kier alpha value is -2.37. The molecule has 82 heavy (non-hydrogen) atoms. The minimum atomic E-state index is -0.768. The van der Waals surface area contributed by atoms with E-state index in [9.17, 15) is 14.4 Å². The van der Waals surface area contributed by atoms with Gasteiger partial charge in [0, 0.05) is 19.3 Å². The summed E-state index contributed by atoms with van der Waals surface area (Å²) in [6.45, 7) is 6.67. The monoisotopic (exact) mass is 1150 g/mol. The summed E-state index contributed by atoms with van der Waals surface area (Å²) in [4.78, 5) is 38.3. The van der Waals surface area contributed by atoms with Crippen molar-refractivity contribution in [2.24, 2.45) is 0 Å². The largest absolute Gasteiger partial charge is 0.462 e. The molecule has 0 saturated heterocycles. The van der Waals surface area contributed by atoms with Gasteiger partial charge in [-0.3, -0.25) is 14.4 Å². The first-order chi connectivity index (χ1) is 40.5. The maximum absolute atomic E-state index is 12.9. The highest BCUT2D eigenvalue weighted by molar-refractivity contribution is 5.71. The average molecular weight is 1150 g/mol. The molecule has 6 heteroatoms. The van der Waals surface area contributed by atoms with Crippen molar-refractivity contribution in [2.75, 3.05) is 13.2 Å². The molecular weight excluding hydrogens is 1010 g/mol. The Balaban J connectivity index is 4.00. The van der Waals surface area contributed by atoms with E-state index in [1.807, 2.05) is 0 Å². The number of carbonyl (C=O) groups excluding carboxylic acids is 3. The standard InChI is InChI=1S/C76H142O6/c1-4-7-10-13-16-19-21-23-25-27-29-31-33-34-35-36-37-38-39-40-41-42-44-45-47-49-51-53-55-57-60-63-66-69-75(78)81-72-73(71-80-74(77)68-65-62-59-18-15-12-9-6-3)82-76(79)70-67-64-61-58-56-54-52-50-48-46-43-32-30-28-26-24-22-20-17-14-11-8-5-2/h21,23,27-30,73H,4-20,22,24-26,31-72H2,1-3H3/b23-21-,29-27-,30-28-. The van der Waals surface area contributed by atoms with Crippen molar-refractivity contribution in [3.8, 4) is 0 Å². The van der Waals surface area contributed by atoms with Gasteiger partial charge in [-0.1, -0.05) is 353 Å². The fourth-order valence-electron chi connectivity index (χ4n) is 11.3. The molecule has 0 rings (SSSR count). The fourth-order valence-corrected chi connectivity index (χ4v) is 11.3. The van der Waals surface area contributed by atoms with Gasteiger partial charge in [0.2, 0.25) is 0 Å². The number of hydrogen-bond donors (Lipinski definition) is 0. The van der Waals surface area contributed by atoms with Crippen LogP contribution in [0, 0.1) is 0 Å². The van der Waals surface area contributed by atoms with Gasteiger partial charge < -0.3 is 14.2 Å². The van der Waals surface area contributed by atoms with Crippen LogP contribution in [0.4, 0.5) is 0 Å². The smallest absolute Gasteiger partial charge is 0.306 e. The molecule has 0 aromatic carbocycles. The Morgan fingerprint density at radius 2 is 0.439 bits per heavy atom. The lowest BCUT2D eigenvalue weighted by atomic mass is 10.0. The van der Waals surface area contributed by atoms with Crippen LogP contribution in [0.3, 0.4) is 0 Å². The third-order valence-corrected chi connectivity index (χ3v) is 16.9. The molecule has 0 spiro atoms. The Morgan fingerprint density at radius 1 is 0.244 bits per heavy atom. The molecule has 1 unspecified atom stereocenters. The van der Waals surface area contributed by atoms with Crippen LogP contribution in [0.5, 0.6) is 0 Å². The quantitative estimate of drug-likeness (QED) is 0.0261. The first-order valence-electron chi connectivity index (χ1n) is 37.0. The minimum absolute atomic E-state index is 0.0662. The summed E-state index contributed by atoms with van der Waals surface area (Å²) in [6.07, 6.45) is 89.3. The molecule has 0 bridgehead atoms. The normalized spacial score (nSPS) is 12.2. The van der Waals surface area contributed by atoms with E-state index in [1.165, 1.54) is 308 Å². The second-order valence-corrected chi connectivity index (χ2v) is 25.2. The van der Waals surface area contributed by atoms with E-state index in [-0.39, 0.29) is 31.1 Å². The van der Waals surface area contributed by atoms with Gasteiger partial charge in [-0.2, -0.15) is 0 Å². The summed E-state index contributed by atoms with van der Waals surface area (Å²) in [6, 6.07) is 0. The molecular formula is C76H142O6. The van der Waals surface area contributed by atoms with Crippen molar-refractivity contribution in [3.63, 3.8) is 0 Å². The predicted molar refractivity (Wildman–Crippen MR) is 358 cm³/mol. The zero-order valence-electron chi connectivity index (χ0n) is 55.5. The number of hydrogen-bond acceptors (Lipinski definition) is 6. The summed E-state index contributed by atoms with van der Waals surface area (Å²) in [7, 11) is 0. The van der Waals surface area contributed by atoms with E-state index in [4.69, 9.17) is 14.2 Å². The van der Waals surface area contributed by atoms with Gasteiger partial charge in [0.15, 0.2) is 6.10 Å². The third-order valence-electron chi connectivity index (χ3n) is 16.9. The summed E-state index contributed by atoms with van der Waals surface area (Å²) in [5.74, 6) is -0.843. The minimum Gasteiger partial charge on any atom is -0.462 e. The first-order valence-corrected chi connectivity index (χ1v) is 37.0. The van der Waals surface area contributed by atoms with Crippen LogP contribution in [0.25, 0.3) is 0 Å². The Kier molecular flexibility index (Phi) is 69.1. The Morgan fingerprint density at radius 3 is 0.683 bits per heavy atom. The highest BCUT2D eigenvalue weighted by atomic mass is 16.6. The molecule has 0 aromatic heterocycles. The molecule has 482 valence electrons. The van der Waals surface area contributed by atoms with Crippen LogP contribution >= 0.6 is 0 Å².